The minimum Gasteiger partial charge on any atom is -0.478 e. The highest BCUT2D eigenvalue weighted by atomic mass is 16.4. The Morgan fingerprint density at radius 2 is 1.73 bits per heavy atom. The first-order valence-corrected chi connectivity index (χ1v) is 7.53. The van der Waals surface area contributed by atoms with Gasteiger partial charge < -0.3 is 10.4 Å². The zero-order chi connectivity index (χ0) is 16.0. The molecule has 116 valence electrons. The fourth-order valence-corrected chi connectivity index (χ4v) is 2.57. The average molecular weight is 297 g/mol. The second kappa shape index (κ2) is 7.23. The van der Waals surface area contributed by atoms with Crippen LogP contribution in [0.3, 0.4) is 0 Å². The molecule has 0 aliphatic carbocycles. The van der Waals surface area contributed by atoms with Crippen LogP contribution < -0.4 is 5.32 Å². The number of carboxylic acid groups (broad SMARTS) is 1. The third kappa shape index (κ3) is 5.01. The highest BCUT2D eigenvalue weighted by molar-refractivity contribution is 5.87. The molecule has 0 atom stereocenters. The van der Waals surface area contributed by atoms with Crippen molar-refractivity contribution >= 4 is 5.97 Å². The van der Waals surface area contributed by atoms with Gasteiger partial charge in [-0.1, -0.05) is 56.3 Å². The van der Waals surface area contributed by atoms with Crippen LogP contribution in [0.25, 0.3) is 0 Å². The van der Waals surface area contributed by atoms with Gasteiger partial charge in [-0.25, -0.2) is 4.79 Å². The Morgan fingerprint density at radius 1 is 1.05 bits per heavy atom. The normalized spacial score (nSPS) is 11.4. The van der Waals surface area contributed by atoms with E-state index in [1.807, 2.05) is 12.1 Å². The number of carboxylic acids is 1. The number of benzene rings is 2. The van der Waals surface area contributed by atoms with Gasteiger partial charge >= 0.3 is 5.97 Å². The van der Waals surface area contributed by atoms with Crippen LogP contribution >= 0.6 is 0 Å². The Hall–Kier alpha value is -2.13. The molecule has 0 radical (unpaired) electrons. The van der Waals surface area contributed by atoms with Crippen LogP contribution in [0.5, 0.6) is 0 Å². The van der Waals surface area contributed by atoms with Crippen molar-refractivity contribution in [1.82, 2.24) is 5.32 Å². The molecule has 0 aliphatic heterocycles. The SMILES string of the molecule is CC(C)(CNCc1cccc(C(=O)O)c1)Cc1ccccc1. The third-order valence-electron chi connectivity index (χ3n) is 3.63. The van der Waals surface area contributed by atoms with Crippen molar-refractivity contribution in [3.63, 3.8) is 0 Å². The number of rotatable bonds is 7. The maximum absolute atomic E-state index is 11.0. The molecule has 0 unspecified atom stereocenters. The summed E-state index contributed by atoms with van der Waals surface area (Å²) in [5, 5.41) is 12.4. The van der Waals surface area contributed by atoms with Crippen LogP contribution in [0.1, 0.15) is 35.3 Å². The Labute approximate surface area is 132 Å². The van der Waals surface area contributed by atoms with E-state index in [4.69, 9.17) is 5.11 Å². The van der Waals surface area contributed by atoms with Gasteiger partial charge in [-0.05, 0) is 35.1 Å². The maximum Gasteiger partial charge on any atom is 0.335 e. The van der Waals surface area contributed by atoms with E-state index in [0.717, 1.165) is 18.5 Å². The van der Waals surface area contributed by atoms with Crippen LogP contribution in [0, 0.1) is 5.41 Å². The summed E-state index contributed by atoms with van der Waals surface area (Å²) < 4.78 is 0. The Bertz CT molecular complexity index is 620. The van der Waals surface area contributed by atoms with Gasteiger partial charge in [0, 0.05) is 13.1 Å². The fraction of sp³-hybridized carbons (Fsp3) is 0.316. The second-order valence-electron chi connectivity index (χ2n) is 6.44. The highest BCUT2D eigenvalue weighted by Crippen LogP contribution is 2.21. The van der Waals surface area contributed by atoms with Crippen molar-refractivity contribution in [2.45, 2.75) is 26.8 Å². The van der Waals surface area contributed by atoms with E-state index < -0.39 is 5.97 Å². The maximum atomic E-state index is 11.0. The first kappa shape index (κ1) is 16.2. The number of carbonyl (C=O) groups is 1. The molecule has 0 spiro atoms. The molecule has 2 aromatic carbocycles. The van der Waals surface area contributed by atoms with E-state index in [0.29, 0.717) is 12.1 Å². The molecule has 0 bridgehead atoms. The summed E-state index contributed by atoms with van der Waals surface area (Å²) in [4.78, 5) is 11.0. The van der Waals surface area contributed by atoms with E-state index in [-0.39, 0.29) is 5.41 Å². The predicted octanol–water partition coefficient (Wildman–Crippen LogP) is 3.74. The molecule has 0 aliphatic rings. The lowest BCUT2D eigenvalue weighted by Gasteiger charge is -2.25. The minimum atomic E-state index is -0.883. The molecule has 2 rings (SSSR count). The molecule has 2 N–H and O–H groups in total. The molecular weight excluding hydrogens is 274 g/mol. The number of hydrogen-bond acceptors (Lipinski definition) is 2. The number of hydrogen-bond donors (Lipinski definition) is 2. The van der Waals surface area contributed by atoms with Crippen molar-refractivity contribution in [2.24, 2.45) is 5.41 Å². The van der Waals surface area contributed by atoms with E-state index in [1.165, 1.54) is 5.56 Å². The van der Waals surface area contributed by atoms with Crippen LogP contribution in [0.15, 0.2) is 54.6 Å². The molecule has 0 fully saturated rings. The first-order chi connectivity index (χ1) is 10.5. The second-order valence-corrected chi connectivity index (χ2v) is 6.44. The summed E-state index contributed by atoms with van der Waals surface area (Å²) in [5.74, 6) is -0.883. The largest absolute Gasteiger partial charge is 0.478 e. The van der Waals surface area contributed by atoms with Crippen LogP contribution in [0.4, 0.5) is 0 Å². The monoisotopic (exact) mass is 297 g/mol. The topological polar surface area (TPSA) is 49.3 Å². The third-order valence-corrected chi connectivity index (χ3v) is 3.63. The average Bonchev–Trinajstić information content (AvgIpc) is 2.48. The first-order valence-electron chi connectivity index (χ1n) is 7.53. The van der Waals surface area contributed by atoms with Crippen LogP contribution in [-0.4, -0.2) is 17.6 Å². The summed E-state index contributed by atoms with van der Waals surface area (Å²) in [6.45, 7) is 6.03. The molecule has 0 aromatic heterocycles. The molecule has 0 amide bonds. The molecule has 2 aromatic rings. The summed E-state index contributed by atoms with van der Waals surface area (Å²) in [6.07, 6.45) is 1.01. The number of nitrogens with one attached hydrogen (secondary N) is 1. The summed E-state index contributed by atoms with van der Waals surface area (Å²) in [6, 6.07) is 17.5. The van der Waals surface area contributed by atoms with Crippen LogP contribution in [-0.2, 0) is 13.0 Å². The van der Waals surface area contributed by atoms with Crippen molar-refractivity contribution in [1.29, 1.82) is 0 Å². The smallest absolute Gasteiger partial charge is 0.335 e. The summed E-state index contributed by atoms with van der Waals surface area (Å²) in [7, 11) is 0. The Morgan fingerprint density at radius 3 is 2.41 bits per heavy atom. The lowest BCUT2D eigenvalue weighted by molar-refractivity contribution is 0.0696. The van der Waals surface area contributed by atoms with Crippen molar-refractivity contribution < 1.29 is 9.90 Å². The van der Waals surface area contributed by atoms with E-state index in [9.17, 15) is 4.79 Å². The van der Waals surface area contributed by atoms with E-state index >= 15 is 0 Å². The van der Waals surface area contributed by atoms with Crippen molar-refractivity contribution in [3.8, 4) is 0 Å². The van der Waals surface area contributed by atoms with Gasteiger partial charge in [-0.2, -0.15) is 0 Å². The summed E-state index contributed by atoms with van der Waals surface area (Å²) in [5.41, 5.74) is 2.81. The molecular formula is C19H23NO2. The molecule has 3 nitrogen and oxygen atoms in total. The zero-order valence-corrected chi connectivity index (χ0v) is 13.2. The fourth-order valence-electron chi connectivity index (χ4n) is 2.57. The molecule has 0 saturated carbocycles. The lowest BCUT2D eigenvalue weighted by Crippen LogP contribution is -2.30. The molecule has 22 heavy (non-hydrogen) atoms. The Balaban J connectivity index is 1.87. The predicted molar refractivity (Wildman–Crippen MR) is 89.0 cm³/mol. The van der Waals surface area contributed by atoms with Gasteiger partial charge in [0.1, 0.15) is 0 Å². The minimum absolute atomic E-state index is 0.145. The van der Waals surface area contributed by atoms with Gasteiger partial charge in [0.05, 0.1) is 5.56 Å². The summed E-state index contributed by atoms with van der Waals surface area (Å²) >= 11 is 0. The van der Waals surface area contributed by atoms with Gasteiger partial charge in [0.15, 0.2) is 0 Å². The Kier molecular flexibility index (Phi) is 5.34. The molecule has 3 heteroatoms. The van der Waals surface area contributed by atoms with Gasteiger partial charge in [0.2, 0.25) is 0 Å². The highest BCUT2D eigenvalue weighted by Gasteiger charge is 2.18. The number of aromatic carboxylic acids is 1. The molecule has 0 heterocycles. The van der Waals surface area contributed by atoms with Gasteiger partial charge in [-0.3, -0.25) is 0 Å². The van der Waals surface area contributed by atoms with Crippen molar-refractivity contribution in [2.75, 3.05) is 6.54 Å². The zero-order valence-electron chi connectivity index (χ0n) is 13.2. The van der Waals surface area contributed by atoms with Crippen LogP contribution in [0.2, 0.25) is 0 Å². The molecule has 0 saturated heterocycles. The van der Waals surface area contributed by atoms with Gasteiger partial charge in [0.25, 0.3) is 0 Å². The van der Waals surface area contributed by atoms with E-state index in [2.05, 4.69) is 43.4 Å². The van der Waals surface area contributed by atoms with Gasteiger partial charge in [-0.15, -0.1) is 0 Å². The van der Waals surface area contributed by atoms with Crippen molar-refractivity contribution in [3.05, 3.63) is 71.3 Å². The standard InChI is InChI=1S/C19H23NO2/c1-19(2,12-15-7-4-3-5-8-15)14-20-13-16-9-6-10-17(11-16)18(21)22/h3-11,20H,12-14H2,1-2H3,(H,21,22). The lowest BCUT2D eigenvalue weighted by atomic mass is 9.85. The van der Waals surface area contributed by atoms with E-state index in [1.54, 1.807) is 18.2 Å². The quantitative estimate of drug-likeness (QED) is 0.818.